The fourth-order valence-electron chi connectivity index (χ4n) is 1.62. The quantitative estimate of drug-likeness (QED) is 0.700. The van der Waals surface area contributed by atoms with Crippen LogP contribution in [-0.2, 0) is 19.4 Å². The number of nitrogens with one attached hydrogen (secondary N) is 1. The van der Waals surface area contributed by atoms with Crippen LogP contribution in [0.4, 0.5) is 0 Å². The summed E-state index contributed by atoms with van der Waals surface area (Å²) in [5, 5.41) is 11.4. The molecule has 0 aromatic carbocycles. The maximum atomic E-state index is 11.7. The Morgan fingerprint density at radius 3 is 2.61 bits per heavy atom. The van der Waals surface area contributed by atoms with E-state index in [1.807, 2.05) is 0 Å². The first kappa shape index (κ1) is 15.3. The molecule has 0 aliphatic carbocycles. The monoisotopic (exact) mass is 295 g/mol. The van der Waals surface area contributed by atoms with Crippen LogP contribution < -0.4 is 5.32 Å². The Bertz CT molecular complexity index is 414. The SMILES string of the molecule is CS(=O)(=O)CCC(NC(=O)C1CCSC1)C(=O)O. The Morgan fingerprint density at radius 2 is 2.17 bits per heavy atom. The molecule has 0 radical (unpaired) electrons. The van der Waals surface area contributed by atoms with Gasteiger partial charge < -0.3 is 10.4 Å². The van der Waals surface area contributed by atoms with Gasteiger partial charge in [-0.1, -0.05) is 0 Å². The number of carboxylic acids is 1. The van der Waals surface area contributed by atoms with Gasteiger partial charge in [0.1, 0.15) is 15.9 Å². The summed E-state index contributed by atoms with van der Waals surface area (Å²) in [6.45, 7) is 0. The molecular weight excluding hydrogens is 278 g/mol. The van der Waals surface area contributed by atoms with Crippen LogP contribution in [0, 0.1) is 5.92 Å². The molecule has 2 N–H and O–H groups in total. The highest BCUT2D eigenvalue weighted by atomic mass is 32.2. The molecule has 1 saturated heterocycles. The average Bonchev–Trinajstić information content (AvgIpc) is 2.75. The molecule has 1 fully saturated rings. The van der Waals surface area contributed by atoms with Crippen molar-refractivity contribution < 1.29 is 23.1 Å². The van der Waals surface area contributed by atoms with Gasteiger partial charge in [0.05, 0.1) is 5.75 Å². The van der Waals surface area contributed by atoms with Crippen LogP contribution in [0.25, 0.3) is 0 Å². The molecule has 0 saturated carbocycles. The second-order valence-electron chi connectivity index (χ2n) is 4.38. The molecule has 1 amide bonds. The first-order valence-corrected chi connectivity index (χ1v) is 8.80. The molecule has 2 atom stereocenters. The Hall–Kier alpha value is -0.760. The van der Waals surface area contributed by atoms with Crippen molar-refractivity contribution in [1.82, 2.24) is 5.32 Å². The smallest absolute Gasteiger partial charge is 0.326 e. The van der Waals surface area contributed by atoms with E-state index in [4.69, 9.17) is 5.11 Å². The lowest BCUT2D eigenvalue weighted by molar-refractivity contribution is -0.142. The highest BCUT2D eigenvalue weighted by Crippen LogP contribution is 2.23. The number of thioether (sulfide) groups is 1. The fourth-order valence-corrected chi connectivity index (χ4v) is 3.50. The molecule has 104 valence electrons. The van der Waals surface area contributed by atoms with Gasteiger partial charge >= 0.3 is 5.97 Å². The predicted octanol–water partition coefficient (Wildman–Crippen LogP) is -0.256. The summed E-state index contributed by atoms with van der Waals surface area (Å²) in [5.41, 5.74) is 0. The van der Waals surface area contributed by atoms with Gasteiger partial charge in [0.15, 0.2) is 0 Å². The number of hydrogen-bond acceptors (Lipinski definition) is 5. The van der Waals surface area contributed by atoms with Crippen molar-refractivity contribution in [3.63, 3.8) is 0 Å². The van der Waals surface area contributed by atoms with Gasteiger partial charge in [-0.05, 0) is 18.6 Å². The molecule has 2 unspecified atom stereocenters. The summed E-state index contributed by atoms with van der Waals surface area (Å²) in [7, 11) is -3.23. The van der Waals surface area contributed by atoms with Crippen LogP contribution in [0.5, 0.6) is 0 Å². The molecule has 0 spiro atoms. The standard InChI is InChI=1S/C10H17NO5S2/c1-18(15,16)5-3-8(10(13)14)11-9(12)7-2-4-17-6-7/h7-8H,2-6H2,1H3,(H,11,12)(H,13,14). The number of carbonyl (C=O) groups excluding carboxylic acids is 1. The Labute approximate surface area is 110 Å². The third kappa shape index (κ3) is 5.26. The van der Waals surface area contributed by atoms with E-state index in [1.165, 1.54) is 0 Å². The largest absolute Gasteiger partial charge is 0.480 e. The number of sulfone groups is 1. The van der Waals surface area contributed by atoms with E-state index < -0.39 is 21.8 Å². The van der Waals surface area contributed by atoms with E-state index in [-0.39, 0.29) is 24.0 Å². The van der Waals surface area contributed by atoms with Gasteiger partial charge in [-0.3, -0.25) is 4.79 Å². The van der Waals surface area contributed by atoms with Gasteiger partial charge in [-0.15, -0.1) is 0 Å². The minimum Gasteiger partial charge on any atom is -0.480 e. The summed E-state index contributed by atoms with van der Waals surface area (Å²) in [5.74, 6) is -0.291. The predicted molar refractivity (Wildman–Crippen MR) is 69.3 cm³/mol. The van der Waals surface area contributed by atoms with Gasteiger partial charge in [0.2, 0.25) is 5.91 Å². The minimum atomic E-state index is -3.23. The minimum absolute atomic E-state index is 0.0975. The summed E-state index contributed by atoms with van der Waals surface area (Å²) in [6.07, 6.45) is 1.69. The maximum absolute atomic E-state index is 11.7. The van der Waals surface area contributed by atoms with Gasteiger partial charge in [0.25, 0.3) is 0 Å². The number of amides is 1. The molecule has 1 heterocycles. The van der Waals surface area contributed by atoms with Crippen molar-refractivity contribution >= 4 is 33.5 Å². The third-order valence-corrected chi connectivity index (χ3v) is 4.83. The number of hydrogen-bond donors (Lipinski definition) is 2. The van der Waals surface area contributed by atoms with Gasteiger partial charge in [0, 0.05) is 17.9 Å². The molecule has 1 rings (SSSR count). The van der Waals surface area contributed by atoms with Crippen molar-refractivity contribution in [2.45, 2.75) is 18.9 Å². The van der Waals surface area contributed by atoms with E-state index in [2.05, 4.69) is 5.32 Å². The third-order valence-electron chi connectivity index (χ3n) is 2.69. The van der Waals surface area contributed by atoms with Gasteiger partial charge in [-0.25, -0.2) is 13.2 Å². The fraction of sp³-hybridized carbons (Fsp3) is 0.800. The first-order valence-electron chi connectivity index (χ1n) is 5.58. The molecule has 6 nitrogen and oxygen atoms in total. The second-order valence-corrected chi connectivity index (χ2v) is 7.79. The van der Waals surface area contributed by atoms with Gasteiger partial charge in [-0.2, -0.15) is 11.8 Å². The van der Waals surface area contributed by atoms with E-state index in [0.29, 0.717) is 5.75 Å². The molecule has 0 aromatic heterocycles. The second kappa shape index (κ2) is 6.42. The van der Waals surface area contributed by atoms with Crippen LogP contribution >= 0.6 is 11.8 Å². The molecule has 0 bridgehead atoms. The van der Waals surface area contributed by atoms with Crippen LogP contribution in [-0.4, -0.2) is 55.0 Å². The number of rotatable bonds is 6. The van der Waals surface area contributed by atoms with Crippen LogP contribution in [0.15, 0.2) is 0 Å². The lowest BCUT2D eigenvalue weighted by atomic mass is 10.1. The molecule has 1 aliphatic heterocycles. The maximum Gasteiger partial charge on any atom is 0.326 e. The molecule has 1 aliphatic rings. The lowest BCUT2D eigenvalue weighted by Crippen LogP contribution is -2.44. The van der Waals surface area contributed by atoms with Crippen LogP contribution in [0.2, 0.25) is 0 Å². The normalized spacial score (nSPS) is 21.5. The Morgan fingerprint density at radius 1 is 1.50 bits per heavy atom. The van der Waals surface area contributed by atoms with Crippen LogP contribution in [0.3, 0.4) is 0 Å². The summed E-state index contributed by atoms with van der Waals surface area (Å²) >= 11 is 1.66. The molecular formula is C10H17NO5S2. The number of aliphatic carboxylic acids is 1. The zero-order chi connectivity index (χ0) is 13.8. The van der Waals surface area contributed by atoms with E-state index in [0.717, 1.165) is 18.4 Å². The molecule has 18 heavy (non-hydrogen) atoms. The van der Waals surface area contributed by atoms with Crippen molar-refractivity contribution in [2.24, 2.45) is 5.92 Å². The highest BCUT2D eigenvalue weighted by molar-refractivity contribution is 7.99. The zero-order valence-electron chi connectivity index (χ0n) is 10.1. The number of carbonyl (C=O) groups is 2. The summed E-state index contributed by atoms with van der Waals surface area (Å²) in [4.78, 5) is 22.7. The first-order chi connectivity index (χ1) is 8.29. The summed E-state index contributed by atoms with van der Waals surface area (Å²) in [6, 6.07) is -1.13. The van der Waals surface area contributed by atoms with Crippen molar-refractivity contribution in [1.29, 1.82) is 0 Å². The topological polar surface area (TPSA) is 101 Å². The molecule has 8 heteroatoms. The van der Waals surface area contributed by atoms with E-state index >= 15 is 0 Å². The Balaban J connectivity index is 2.51. The van der Waals surface area contributed by atoms with E-state index in [1.54, 1.807) is 11.8 Å². The van der Waals surface area contributed by atoms with E-state index in [9.17, 15) is 18.0 Å². The average molecular weight is 295 g/mol. The zero-order valence-corrected chi connectivity index (χ0v) is 11.7. The van der Waals surface area contributed by atoms with Crippen molar-refractivity contribution in [3.05, 3.63) is 0 Å². The molecule has 0 aromatic rings. The number of carboxylic acid groups (broad SMARTS) is 1. The Kier molecular flexibility index (Phi) is 5.46. The highest BCUT2D eigenvalue weighted by Gasteiger charge is 2.28. The summed E-state index contributed by atoms with van der Waals surface area (Å²) < 4.78 is 22.0. The van der Waals surface area contributed by atoms with Crippen molar-refractivity contribution in [2.75, 3.05) is 23.5 Å². The van der Waals surface area contributed by atoms with Crippen molar-refractivity contribution in [3.8, 4) is 0 Å². The lowest BCUT2D eigenvalue weighted by Gasteiger charge is -2.16. The van der Waals surface area contributed by atoms with Crippen LogP contribution in [0.1, 0.15) is 12.8 Å².